The lowest BCUT2D eigenvalue weighted by atomic mass is 10.0. The van der Waals surface area contributed by atoms with Gasteiger partial charge in [-0.1, -0.05) is 6.07 Å². The fourth-order valence-corrected chi connectivity index (χ4v) is 4.44. The zero-order chi connectivity index (χ0) is 26.2. The lowest BCUT2D eigenvalue weighted by molar-refractivity contribution is -0.0212. The molecular weight excluding hydrogens is 478 g/mol. The summed E-state index contributed by atoms with van der Waals surface area (Å²) in [4.78, 5) is 34.7. The number of hydrogen-bond donors (Lipinski definition) is 2. The quantitative estimate of drug-likeness (QED) is 0.491. The first-order valence-electron chi connectivity index (χ1n) is 12.8. The van der Waals surface area contributed by atoms with Gasteiger partial charge in [0.1, 0.15) is 6.26 Å². The molecule has 1 aromatic carbocycles. The van der Waals surface area contributed by atoms with Crippen molar-refractivity contribution in [2.24, 2.45) is 0 Å². The molecule has 0 saturated carbocycles. The first-order chi connectivity index (χ1) is 17.9. The predicted octanol–water partition coefficient (Wildman–Crippen LogP) is 2.14. The third-order valence-corrected chi connectivity index (χ3v) is 6.55. The normalized spacial score (nSPS) is 18.9. The van der Waals surface area contributed by atoms with Crippen LogP contribution >= 0.6 is 0 Å². The number of carbonyl (C=O) groups excluding carboxylic acids is 2. The topological polar surface area (TPSA) is 118 Å². The van der Waals surface area contributed by atoms with E-state index < -0.39 is 5.91 Å². The summed E-state index contributed by atoms with van der Waals surface area (Å²) in [5.41, 5.74) is 1.96. The highest BCUT2D eigenvalue weighted by Gasteiger charge is 2.23. The minimum absolute atomic E-state index is 0.0364. The molecule has 0 aliphatic carbocycles. The number of benzene rings is 1. The van der Waals surface area contributed by atoms with E-state index in [0.717, 1.165) is 31.5 Å². The van der Waals surface area contributed by atoms with E-state index in [1.54, 1.807) is 25.1 Å². The van der Waals surface area contributed by atoms with Crippen LogP contribution < -0.4 is 15.5 Å². The van der Waals surface area contributed by atoms with E-state index >= 15 is 0 Å². The Morgan fingerprint density at radius 3 is 2.78 bits per heavy atom. The lowest BCUT2D eigenvalue weighted by Gasteiger charge is -2.31. The molecule has 2 saturated heterocycles. The molecule has 0 spiro atoms. The summed E-state index contributed by atoms with van der Waals surface area (Å²) in [6, 6.07) is 5.93. The van der Waals surface area contributed by atoms with Crippen molar-refractivity contribution in [3.05, 3.63) is 41.3 Å². The molecule has 3 heterocycles. The van der Waals surface area contributed by atoms with Gasteiger partial charge in [0.05, 0.1) is 30.6 Å². The Kier molecular flexibility index (Phi) is 9.51. The number of morpholine rings is 1. The Bertz CT molecular complexity index is 1050. The molecule has 2 fully saturated rings. The molecule has 2 aliphatic heterocycles. The van der Waals surface area contributed by atoms with Crippen LogP contribution in [-0.2, 0) is 20.8 Å². The van der Waals surface area contributed by atoms with Gasteiger partial charge in [0.25, 0.3) is 17.8 Å². The van der Waals surface area contributed by atoms with E-state index in [0.29, 0.717) is 56.8 Å². The molecule has 202 valence electrons. The summed E-state index contributed by atoms with van der Waals surface area (Å²) in [7, 11) is 3.42. The van der Waals surface area contributed by atoms with Gasteiger partial charge < -0.3 is 34.2 Å². The van der Waals surface area contributed by atoms with Crippen molar-refractivity contribution in [3.8, 4) is 0 Å². The SMILES string of the molecule is COCCN(C)c1nc(C(=O)Nc2ccc(CN3CCO[C@@H](C)C3)cc2C(=O)NC2CCOCC2)co1. The third-order valence-electron chi connectivity index (χ3n) is 6.55. The van der Waals surface area contributed by atoms with Crippen molar-refractivity contribution in [3.63, 3.8) is 0 Å². The first kappa shape index (κ1) is 27.1. The van der Waals surface area contributed by atoms with Crippen molar-refractivity contribution in [2.45, 2.75) is 38.5 Å². The number of nitrogens with one attached hydrogen (secondary N) is 2. The van der Waals surface area contributed by atoms with Crippen molar-refractivity contribution >= 4 is 23.5 Å². The molecular formula is C26H37N5O6. The summed E-state index contributed by atoms with van der Waals surface area (Å²) < 4.78 is 21.6. The van der Waals surface area contributed by atoms with E-state index in [2.05, 4.69) is 27.4 Å². The van der Waals surface area contributed by atoms with Gasteiger partial charge in [0, 0.05) is 59.6 Å². The maximum atomic E-state index is 13.4. The molecule has 0 bridgehead atoms. The predicted molar refractivity (Wildman–Crippen MR) is 138 cm³/mol. The second kappa shape index (κ2) is 13.0. The van der Waals surface area contributed by atoms with Crippen molar-refractivity contribution < 1.29 is 28.2 Å². The highest BCUT2D eigenvalue weighted by Crippen LogP contribution is 2.22. The molecule has 2 aliphatic rings. The number of hydrogen-bond acceptors (Lipinski definition) is 9. The monoisotopic (exact) mass is 515 g/mol. The van der Waals surface area contributed by atoms with Crippen LogP contribution in [0.2, 0.25) is 0 Å². The first-order valence-corrected chi connectivity index (χ1v) is 12.8. The van der Waals surface area contributed by atoms with E-state index in [9.17, 15) is 9.59 Å². The van der Waals surface area contributed by atoms with Crippen LogP contribution in [-0.4, -0.2) is 94.1 Å². The second-order valence-corrected chi connectivity index (χ2v) is 9.54. The van der Waals surface area contributed by atoms with Crippen LogP contribution in [0.25, 0.3) is 0 Å². The number of amides is 2. The van der Waals surface area contributed by atoms with Gasteiger partial charge >= 0.3 is 0 Å². The number of methoxy groups -OCH3 is 1. The Morgan fingerprint density at radius 2 is 2.03 bits per heavy atom. The van der Waals surface area contributed by atoms with Crippen LogP contribution in [0.3, 0.4) is 0 Å². The Labute approximate surface area is 217 Å². The van der Waals surface area contributed by atoms with Gasteiger partial charge in [0.15, 0.2) is 5.69 Å². The van der Waals surface area contributed by atoms with Gasteiger partial charge in [-0.25, -0.2) is 0 Å². The Hall–Kier alpha value is -2.99. The molecule has 4 rings (SSSR count). The highest BCUT2D eigenvalue weighted by atomic mass is 16.5. The second-order valence-electron chi connectivity index (χ2n) is 9.54. The van der Waals surface area contributed by atoms with Crippen molar-refractivity contribution in [1.82, 2.24) is 15.2 Å². The number of carbonyl (C=O) groups is 2. The molecule has 1 aromatic heterocycles. The summed E-state index contributed by atoms with van der Waals surface area (Å²) in [5, 5.41) is 5.96. The van der Waals surface area contributed by atoms with Gasteiger partial charge in [-0.3, -0.25) is 14.5 Å². The van der Waals surface area contributed by atoms with Crippen LogP contribution in [0.4, 0.5) is 11.7 Å². The third kappa shape index (κ3) is 7.51. The number of aromatic nitrogens is 1. The van der Waals surface area contributed by atoms with Gasteiger partial charge in [0.2, 0.25) is 0 Å². The lowest BCUT2D eigenvalue weighted by Crippen LogP contribution is -2.40. The molecule has 11 heteroatoms. The van der Waals surface area contributed by atoms with Crippen LogP contribution in [0.1, 0.15) is 46.2 Å². The smallest absolute Gasteiger partial charge is 0.297 e. The molecule has 11 nitrogen and oxygen atoms in total. The maximum absolute atomic E-state index is 13.4. The molecule has 2 N–H and O–H groups in total. The number of oxazole rings is 1. The fraction of sp³-hybridized carbons (Fsp3) is 0.577. The van der Waals surface area contributed by atoms with E-state index in [1.165, 1.54) is 6.26 Å². The minimum atomic E-state index is -0.454. The van der Waals surface area contributed by atoms with Gasteiger partial charge in [-0.2, -0.15) is 4.98 Å². The summed E-state index contributed by atoms with van der Waals surface area (Å²) in [5.74, 6) is -0.676. The van der Waals surface area contributed by atoms with Crippen LogP contribution in [0, 0.1) is 0 Å². The van der Waals surface area contributed by atoms with Crippen molar-refractivity contribution in [2.75, 3.05) is 70.4 Å². The Balaban J connectivity index is 1.51. The van der Waals surface area contributed by atoms with E-state index in [1.807, 2.05) is 12.1 Å². The van der Waals surface area contributed by atoms with E-state index in [4.69, 9.17) is 18.6 Å². The molecule has 0 unspecified atom stereocenters. The molecule has 2 aromatic rings. The minimum Gasteiger partial charge on any atom is -0.431 e. The maximum Gasteiger partial charge on any atom is 0.297 e. The largest absolute Gasteiger partial charge is 0.431 e. The van der Waals surface area contributed by atoms with Crippen LogP contribution in [0.5, 0.6) is 0 Å². The fourth-order valence-electron chi connectivity index (χ4n) is 4.44. The molecule has 37 heavy (non-hydrogen) atoms. The number of rotatable bonds is 10. The van der Waals surface area contributed by atoms with E-state index in [-0.39, 0.29) is 23.7 Å². The van der Waals surface area contributed by atoms with Crippen LogP contribution in [0.15, 0.2) is 28.9 Å². The zero-order valence-corrected chi connectivity index (χ0v) is 21.8. The zero-order valence-electron chi connectivity index (χ0n) is 21.8. The summed E-state index contributed by atoms with van der Waals surface area (Å²) >= 11 is 0. The number of ether oxygens (including phenoxy) is 3. The molecule has 1 atom stereocenters. The van der Waals surface area contributed by atoms with Crippen molar-refractivity contribution in [1.29, 1.82) is 0 Å². The van der Waals surface area contributed by atoms with Gasteiger partial charge in [-0.05, 0) is 37.5 Å². The number of likely N-dealkylation sites (N-methyl/N-ethyl adjacent to an activating group) is 1. The average Bonchev–Trinajstić information content (AvgIpc) is 3.39. The Morgan fingerprint density at radius 1 is 1.22 bits per heavy atom. The molecule has 0 radical (unpaired) electrons. The number of nitrogens with zero attached hydrogens (tertiary/aromatic N) is 3. The average molecular weight is 516 g/mol. The standard InChI is InChI=1S/C26H37N5O6/c1-18-15-31(9-13-36-18)16-19-4-5-22(21(14-19)24(32)27-20-6-10-35-11-7-20)28-25(33)23-17-37-26(29-23)30(2)8-12-34-3/h4-5,14,17-18,20H,6-13,15-16H2,1-3H3,(H,27,32)(H,28,33)/t18-/m0/s1. The molecule has 2 amide bonds. The summed E-state index contributed by atoms with van der Waals surface area (Å²) in [6.07, 6.45) is 3.00. The summed E-state index contributed by atoms with van der Waals surface area (Å²) in [6.45, 7) is 7.41. The number of anilines is 2. The highest BCUT2D eigenvalue weighted by molar-refractivity contribution is 6.08. The van der Waals surface area contributed by atoms with Gasteiger partial charge in [-0.15, -0.1) is 0 Å².